The Morgan fingerprint density at radius 2 is 2.05 bits per heavy atom. The first-order chi connectivity index (χ1) is 9.24. The minimum absolute atomic E-state index is 0.0283. The second-order valence-corrected chi connectivity index (χ2v) is 7.74. The SMILES string of the molecule is CC1CCCCN1S(=O)(=O)N1CC(C)(OCC(=O)O)C1. The predicted molar refractivity (Wildman–Crippen MR) is 72.5 cm³/mol. The molecule has 7 nitrogen and oxygen atoms in total. The van der Waals surface area contributed by atoms with Crippen LogP contribution in [0.3, 0.4) is 0 Å². The van der Waals surface area contributed by atoms with E-state index in [1.807, 2.05) is 6.92 Å². The van der Waals surface area contributed by atoms with Crippen LogP contribution in [0, 0.1) is 0 Å². The maximum Gasteiger partial charge on any atom is 0.329 e. The Kier molecular flexibility index (Phi) is 4.38. The van der Waals surface area contributed by atoms with Crippen molar-refractivity contribution in [3.8, 4) is 0 Å². The molecule has 0 saturated carbocycles. The molecule has 1 atom stereocenters. The van der Waals surface area contributed by atoms with Crippen LogP contribution >= 0.6 is 0 Å². The Balaban J connectivity index is 1.95. The quantitative estimate of drug-likeness (QED) is 0.788. The molecule has 0 aromatic carbocycles. The van der Waals surface area contributed by atoms with Gasteiger partial charge in [-0.2, -0.15) is 17.0 Å². The monoisotopic (exact) mass is 306 g/mol. The molecule has 8 heteroatoms. The van der Waals surface area contributed by atoms with E-state index in [0.29, 0.717) is 6.54 Å². The Hall–Kier alpha value is -0.700. The maximum absolute atomic E-state index is 12.5. The first-order valence-electron chi connectivity index (χ1n) is 6.87. The summed E-state index contributed by atoms with van der Waals surface area (Å²) in [6, 6.07) is 0.0283. The molecular formula is C12H22N2O5S. The molecule has 0 spiro atoms. The van der Waals surface area contributed by atoms with Crippen molar-refractivity contribution in [1.29, 1.82) is 0 Å². The van der Waals surface area contributed by atoms with Crippen molar-refractivity contribution < 1.29 is 23.1 Å². The Morgan fingerprint density at radius 1 is 1.40 bits per heavy atom. The summed E-state index contributed by atoms with van der Waals surface area (Å²) in [6.07, 6.45) is 2.84. The van der Waals surface area contributed by atoms with Gasteiger partial charge in [0.05, 0.1) is 5.60 Å². The number of carboxylic acid groups (broad SMARTS) is 1. The number of rotatable bonds is 5. The van der Waals surface area contributed by atoms with Gasteiger partial charge in [-0.1, -0.05) is 6.42 Å². The Morgan fingerprint density at radius 3 is 2.60 bits per heavy atom. The average Bonchev–Trinajstić information content (AvgIpc) is 2.33. The van der Waals surface area contributed by atoms with Crippen molar-refractivity contribution in [2.75, 3.05) is 26.2 Å². The lowest BCUT2D eigenvalue weighted by Crippen LogP contribution is -2.66. The molecule has 2 rings (SSSR count). The number of carbonyl (C=O) groups is 1. The number of hydrogen-bond acceptors (Lipinski definition) is 4. The number of aliphatic carboxylic acids is 1. The first-order valence-corrected chi connectivity index (χ1v) is 8.27. The Labute approximate surface area is 119 Å². The van der Waals surface area contributed by atoms with E-state index in [1.165, 1.54) is 4.31 Å². The highest BCUT2D eigenvalue weighted by Gasteiger charge is 2.48. The van der Waals surface area contributed by atoms with Crippen LogP contribution in [-0.4, -0.2) is 66.0 Å². The fourth-order valence-electron chi connectivity index (χ4n) is 2.75. The summed E-state index contributed by atoms with van der Waals surface area (Å²) in [5.41, 5.74) is -0.690. The minimum Gasteiger partial charge on any atom is -0.480 e. The van der Waals surface area contributed by atoms with Crippen molar-refractivity contribution >= 4 is 16.2 Å². The fraction of sp³-hybridized carbons (Fsp3) is 0.917. The standard InChI is InChI=1S/C12H22N2O5S/c1-10-5-3-4-6-14(10)20(17,18)13-8-12(2,9-13)19-7-11(15)16/h10H,3-9H2,1-2H3,(H,15,16). The van der Waals surface area contributed by atoms with Crippen molar-refractivity contribution in [3.05, 3.63) is 0 Å². The van der Waals surface area contributed by atoms with Gasteiger partial charge in [-0.25, -0.2) is 4.79 Å². The van der Waals surface area contributed by atoms with Gasteiger partial charge in [0.2, 0.25) is 0 Å². The molecule has 0 bridgehead atoms. The van der Waals surface area contributed by atoms with Crippen molar-refractivity contribution in [2.24, 2.45) is 0 Å². The molecule has 2 aliphatic rings. The maximum atomic E-state index is 12.5. The summed E-state index contributed by atoms with van der Waals surface area (Å²) >= 11 is 0. The van der Waals surface area contributed by atoms with E-state index in [-0.39, 0.29) is 19.1 Å². The average molecular weight is 306 g/mol. The number of piperidine rings is 1. The van der Waals surface area contributed by atoms with Crippen LogP contribution in [0.2, 0.25) is 0 Å². The van der Waals surface area contributed by atoms with Crippen LogP contribution in [0.25, 0.3) is 0 Å². The lowest BCUT2D eigenvalue weighted by Gasteiger charge is -2.48. The van der Waals surface area contributed by atoms with E-state index >= 15 is 0 Å². The summed E-state index contributed by atoms with van der Waals surface area (Å²) in [6.45, 7) is 4.26. The van der Waals surface area contributed by atoms with E-state index in [2.05, 4.69) is 0 Å². The predicted octanol–water partition coefficient (Wildman–Crippen LogP) is 0.281. The number of carboxylic acids is 1. The van der Waals surface area contributed by atoms with Gasteiger partial charge in [0.15, 0.2) is 0 Å². The highest BCUT2D eigenvalue weighted by Crippen LogP contribution is 2.31. The number of ether oxygens (including phenoxy) is 1. The van der Waals surface area contributed by atoms with E-state index in [4.69, 9.17) is 9.84 Å². The Bertz CT molecular complexity index is 472. The van der Waals surface area contributed by atoms with Gasteiger partial charge in [-0.3, -0.25) is 0 Å². The zero-order valence-electron chi connectivity index (χ0n) is 11.9. The molecule has 2 aliphatic heterocycles. The summed E-state index contributed by atoms with van der Waals surface area (Å²) < 4.78 is 33.1. The van der Waals surface area contributed by atoms with Gasteiger partial charge in [0.25, 0.3) is 10.2 Å². The van der Waals surface area contributed by atoms with Crippen LogP contribution in [0.15, 0.2) is 0 Å². The van der Waals surface area contributed by atoms with Crippen LogP contribution in [0.5, 0.6) is 0 Å². The molecule has 0 radical (unpaired) electrons. The van der Waals surface area contributed by atoms with E-state index in [0.717, 1.165) is 19.3 Å². The normalized spacial score (nSPS) is 28.0. The summed E-state index contributed by atoms with van der Waals surface area (Å²) in [4.78, 5) is 10.5. The molecule has 1 N–H and O–H groups in total. The van der Waals surface area contributed by atoms with Gasteiger partial charge < -0.3 is 9.84 Å². The second-order valence-electron chi connectivity index (χ2n) is 5.86. The summed E-state index contributed by atoms with van der Waals surface area (Å²) in [5.74, 6) is -1.04. The van der Waals surface area contributed by atoms with Gasteiger partial charge in [0, 0.05) is 25.7 Å². The van der Waals surface area contributed by atoms with Gasteiger partial charge in [-0.05, 0) is 26.7 Å². The summed E-state index contributed by atoms with van der Waals surface area (Å²) in [7, 11) is -3.44. The third-order valence-corrected chi connectivity index (χ3v) is 5.98. The highest BCUT2D eigenvalue weighted by atomic mass is 32.2. The molecule has 116 valence electrons. The van der Waals surface area contributed by atoms with Crippen LogP contribution in [0.4, 0.5) is 0 Å². The molecule has 2 fully saturated rings. The smallest absolute Gasteiger partial charge is 0.329 e. The van der Waals surface area contributed by atoms with Gasteiger partial charge in [-0.15, -0.1) is 0 Å². The lowest BCUT2D eigenvalue weighted by molar-refractivity contribution is -0.157. The third-order valence-electron chi connectivity index (χ3n) is 3.93. The first kappa shape index (κ1) is 15.7. The van der Waals surface area contributed by atoms with E-state index < -0.39 is 28.4 Å². The zero-order valence-corrected chi connectivity index (χ0v) is 12.7. The van der Waals surface area contributed by atoms with Crippen molar-refractivity contribution in [3.63, 3.8) is 0 Å². The molecule has 2 saturated heterocycles. The highest BCUT2D eigenvalue weighted by molar-refractivity contribution is 7.86. The van der Waals surface area contributed by atoms with Crippen LogP contribution < -0.4 is 0 Å². The molecule has 0 aromatic rings. The molecule has 2 heterocycles. The largest absolute Gasteiger partial charge is 0.480 e. The van der Waals surface area contributed by atoms with E-state index in [1.54, 1.807) is 11.2 Å². The molecule has 0 aromatic heterocycles. The topological polar surface area (TPSA) is 87.2 Å². The fourth-order valence-corrected chi connectivity index (χ4v) is 4.84. The molecule has 0 amide bonds. The van der Waals surface area contributed by atoms with Gasteiger partial charge >= 0.3 is 5.97 Å². The van der Waals surface area contributed by atoms with Crippen LogP contribution in [0.1, 0.15) is 33.1 Å². The van der Waals surface area contributed by atoms with Gasteiger partial charge in [0.1, 0.15) is 6.61 Å². The van der Waals surface area contributed by atoms with Crippen molar-refractivity contribution in [2.45, 2.75) is 44.8 Å². The molecule has 1 unspecified atom stereocenters. The second kappa shape index (κ2) is 5.59. The molecule has 0 aliphatic carbocycles. The number of hydrogen-bond donors (Lipinski definition) is 1. The van der Waals surface area contributed by atoms with Crippen LogP contribution in [-0.2, 0) is 19.7 Å². The molecule has 20 heavy (non-hydrogen) atoms. The zero-order chi connectivity index (χ0) is 15.0. The van der Waals surface area contributed by atoms with Crippen molar-refractivity contribution in [1.82, 2.24) is 8.61 Å². The third kappa shape index (κ3) is 3.13. The molecular weight excluding hydrogens is 284 g/mol. The lowest BCUT2D eigenvalue weighted by atomic mass is 10.0. The summed E-state index contributed by atoms with van der Waals surface area (Å²) in [5, 5.41) is 8.60. The number of nitrogens with zero attached hydrogens (tertiary/aromatic N) is 2. The minimum atomic E-state index is -3.44. The van der Waals surface area contributed by atoms with E-state index in [9.17, 15) is 13.2 Å².